The lowest BCUT2D eigenvalue weighted by atomic mass is 10.1. The molecule has 0 aliphatic carbocycles. The number of nitrogen functional groups attached to an aromatic ring is 1. The zero-order valence-electron chi connectivity index (χ0n) is 11.4. The number of hydrogen-bond donors (Lipinski definition) is 2. The molecule has 6 heteroatoms. The molecule has 1 aromatic heterocycles. The molecule has 0 bridgehead atoms. The lowest BCUT2D eigenvalue weighted by Crippen LogP contribution is -2.31. The summed E-state index contributed by atoms with van der Waals surface area (Å²) in [6.07, 6.45) is 0. The Balaban J connectivity index is 2.01. The normalized spacial score (nSPS) is 12.2. The van der Waals surface area contributed by atoms with Gasteiger partial charge in [-0.3, -0.25) is 4.79 Å². The summed E-state index contributed by atoms with van der Waals surface area (Å²) in [6.45, 7) is 3.81. The van der Waals surface area contributed by atoms with E-state index in [1.54, 1.807) is 12.1 Å². The number of nitrogens with one attached hydrogen (secondary N) is 1. The first-order valence-electron chi connectivity index (χ1n) is 6.31. The minimum atomic E-state index is -0.172. The predicted molar refractivity (Wildman–Crippen MR) is 79.4 cm³/mol. The molecule has 1 unspecified atom stereocenters. The molecule has 2 aromatic rings. The van der Waals surface area contributed by atoms with E-state index in [2.05, 4.69) is 10.4 Å². The maximum absolute atomic E-state index is 12.0. The van der Waals surface area contributed by atoms with Crippen LogP contribution in [0.1, 0.15) is 24.2 Å². The van der Waals surface area contributed by atoms with Crippen LogP contribution in [0.2, 0.25) is 5.02 Å². The Labute approximate surface area is 122 Å². The molecule has 0 saturated carbocycles. The van der Waals surface area contributed by atoms with E-state index in [1.165, 1.54) is 4.68 Å². The molecule has 1 heterocycles. The molecule has 0 spiro atoms. The molecule has 1 amide bonds. The summed E-state index contributed by atoms with van der Waals surface area (Å²) in [5.74, 6) is 0.315. The van der Waals surface area contributed by atoms with Gasteiger partial charge in [-0.15, -0.1) is 0 Å². The third kappa shape index (κ3) is 3.30. The van der Waals surface area contributed by atoms with Crippen LogP contribution in [-0.4, -0.2) is 15.7 Å². The van der Waals surface area contributed by atoms with Crippen molar-refractivity contribution in [3.8, 4) is 0 Å². The van der Waals surface area contributed by atoms with Crippen LogP contribution in [0, 0.1) is 6.92 Å². The Morgan fingerprint density at radius 1 is 1.50 bits per heavy atom. The first-order valence-corrected chi connectivity index (χ1v) is 6.69. The van der Waals surface area contributed by atoms with Crippen LogP contribution in [0.3, 0.4) is 0 Å². The van der Waals surface area contributed by atoms with Crippen molar-refractivity contribution in [2.24, 2.45) is 0 Å². The van der Waals surface area contributed by atoms with Crippen molar-refractivity contribution in [1.82, 2.24) is 15.1 Å². The lowest BCUT2D eigenvalue weighted by Gasteiger charge is -2.16. The van der Waals surface area contributed by atoms with Gasteiger partial charge in [0.15, 0.2) is 0 Å². The number of anilines is 1. The summed E-state index contributed by atoms with van der Waals surface area (Å²) in [6, 6.07) is 8.99. The first kappa shape index (κ1) is 14.4. The van der Waals surface area contributed by atoms with Crippen molar-refractivity contribution in [1.29, 1.82) is 0 Å². The second-order valence-corrected chi connectivity index (χ2v) is 5.09. The molecule has 1 atom stereocenters. The lowest BCUT2D eigenvalue weighted by molar-refractivity contribution is -0.122. The number of benzene rings is 1. The fraction of sp³-hybridized carbons (Fsp3) is 0.286. The second kappa shape index (κ2) is 5.96. The number of aryl methyl sites for hydroxylation is 1. The van der Waals surface area contributed by atoms with Gasteiger partial charge in [-0.1, -0.05) is 29.8 Å². The summed E-state index contributed by atoms with van der Waals surface area (Å²) in [5.41, 5.74) is 7.42. The fourth-order valence-corrected chi connectivity index (χ4v) is 2.32. The van der Waals surface area contributed by atoms with Crippen molar-refractivity contribution in [2.75, 3.05) is 5.73 Å². The van der Waals surface area contributed by atoms with Gasteiger partial charge in [-0.25, -0.2) is 4.68 Å². The maximum Gasteiger partial charge on any atom is 0.242 e. The van der Waals surface area contributed by atoms with Crippen molar-refractivity contribution in [2.45, 2.75) is 26.4 Å². The number of halogens is 1. The first-order chi connectivity index (χ1) is 9.47. The van der Waals surface area contributed by atoms with Crippen LogP contribution < -0.4 is 11.1 Å². The van der Waals surface area contributed by atoms with E-state index in [-0.39, 0.29) is 18.5 Å². The van der Waals surface area contributed by atoms with E-state index in [4.69, 9.17) is 17.3 Å². The SMILES string of the molecule is Cc1cc(N)n(CC(=O)NC(C)c2ccccc2Cl)n1. The molecule has 0 saturated heterocycles. The van der Waals surface area contributed by atoms with Crippen molar-refractivity contribution in [3.63, 3.8) is 0 Å². The van der Waals surface area contributed by atoms with E-state index in [0.717, 1.165) is 11.3 Å². The highest BCUT2D eigenvalue weighted by atomic mass is 35.5. The van der Waals surface area contributed by atoms with E-state index < -0.39 is 0 Å². The number of aromatic nitrogens is 2. The molecule has 106 valence electrons. The third-order valence-corrected chi connectivity index (χ3v) is 3.32. The minimum absolute atomic E-state index is 0.0917. The summed E-state index contributed by atoms with van der Waals surface area (Å²) in [5, 5.41) is 7.67. The smallest absolute Gasteiger partial charge is 0.242 e. The van der Waals surface area contributed by atoms with Gasteiger partial charge in [-0.2, -0.15) is 5.10 Å². The zero-order valence-corrected chi connectivity index (χ0v) is 12.2. The molecule has 5 nitrogen and oxygen atoms in total. The van der Waals surface area contributed by atoms with E-state index in [9.17, 15) is 4.79 Å². The topological polar surface area (TPSA) is 72.9 Å². The summed E-state index contributed by atoms with van der Waals surface area (Å²) >= 11 is 6.10. The van der Waals surface area contributed by atoms with Crippen LogP contribution in [0.15, 0.2) is 30.3 Å². The fourth-order valence-electron chi connectivity index (χ4n) is 2.02. The van der Waals surface area contributed by atoms with Gasteiger partial charge in [0.25, 0.3) is 0 Å². The van der Waals surface area contributed by atoms with Crippen molar-refractivity contribution in [3.05, 3.63) is 46.6 Å². The van der Waals surface area contributed by atoms with Gasteiger partial charge < -0.3 is 11.1 Å². The monoisotopic (exact) mass is 292 g/mol. The molecule has 0 radical (unpaired) electrons. The molecule has 0 fully saturated rings. The van der Waals surface area contributed by atoms with Crippen LogP contribution in [0.5, 0.6) is 0 Å². The number of amides is 1. The Hall–Kier alpha value is -2.01. The van der Waals surface area contributed by atoms with Gasteiger partial charge in [-0.05, 0) is 25.5 Å². The van der Waals surface area contributed by atoms with Gasteiger partial charge in [0.05, 0.1) is 11.7 Å². The van der Waals surface area contributed by atoms with E-state index >= 15 is 0 Å². The summed E-state index contributed by atoms with van der Waals surface area (Å²) in [4.78, 5) is 12.0. The van der Waals surface area contributed by atoms with E-state index in [0.29, 0.717) is 10.8 Å². The van der Waals surface area contributed by atoms with Crippen LogP contribution in [0.4, 0.5) is 5.82 Å². The Bertz CT molecular complexity index is 623. The molecule has 3 N–H and O–H groups in total. The largest absolute Gasteiger partial charge is 0.384 e. The number of carbonyl (C=O) groups is 1. The Morgan fingerprint density at radius 3 is 2.80 bits per heavy atom. The molecule has 2 rings (SSSR count). The van der Waals surface area contributed by atoms with Crippen LogP contribution in [0.25, 0.3) is 0 Å². The average Bonchev–Trinajstić information content (AvgIpc) is 2.68. The highest BCUT2D eigenvalue weighted by Gasteiger charge is 2.13. The Morgan fingerprint density at radius 2 is 2.20 bits per heavy atom. The molecule has 0 aliphatic heterocycles. The zero-order chi connectivity index (χ0) is 14.7. The van der Waals surface area contributed by atoms with Crippen molar-refractivity contribution < 1.29 is 4.79 Å². The summed E-state index contributed by atoms with van der Waals surface area (Å²) < 4.78 is 1.48. The van der Waals surface area contributed by atoms with Crippen LogP contribution >= 0.6 is 11.6 Å². The summed E-state index contributed by atoms with van der Waals surface area (Å²) in [7, 11) is 0. The van der Waals surface area contributed by atoms with E-state index in [1.807, 2.05) is 32.0 Å². The highest BCUT2D eigenvalue weighted by molar-refractivity contribution is 6.31. The van der Waals surface area contributed by atoms with Gasteiger partial charge in [0, 0.05) is 11.1 Å². The Kier molecular flexibility index (Phi) is 4.29. The highest BCUT2D eigenvalue weighted by Crippen LogP contribution is 2.22. The predicted octanol–water partition coefficient (Wildman–Crippen LogP) is 2.30. The number of carbonyl (C=O) groups excluding carboxylic acids is 1. The molecule has 20 heavy (non-hydrogen) atoms. The minimum Gasteiger partial charge on any atom is -0.384 e. The van der Waals surface area contributed by atoms with Crippen molar-refractivity contribution >= 4 is 23.3 Å². The maximum atomic E-state index is 12.0. The average molecular weight is 293 g/mol. The quantitative estimate of drug-likeness (QED) is 0.908. The van der Waals surface area contributed by atoms with Gasteiger partial charge in [0.2, 0.25) is 5.91 Å². The standard InChI is InChI=1S/C14H17ClN4O/c1-9-7-13(16)19(18-9)8-14(20)17-10(2)11-5-3-4-6-12(11)15/h3-7,10H,8,16H2,1-2H3,(H,17,20). The molecular formula is C14H17ClN4O. The second-order valence-electron chi connectivity index (χ2n) is 4.68. The number of hydrogen-bond acceptors (Lipinski definition) is 3. The van der Waals surface area contributed by atoms with Gasteiger partial charge >= 0.3 is 0 Å². The molecule has 1 aromatic carbocycles. The number of rotatable bonds is 4. The van der Waals surface area contributed by atoms with Gasteiger partial charge in [0.1, 0.15) is 12.4 Å². The number of nitrogens with two attached hydrogens (primary N) is 1. The number of nitrogens with zero attached hydrogens (tertiary/aromatic N) is 2. The third-order valence-electron chi connectivity index (χ3n) is 2.98. The molecule has 0 aliphatic rings. The van der Waals surface area contributed by atoms with Crippen LogP contribution in [-0.2, 0) is 11.3 Å². The molecular weight excluding hydrogens is 276 g/mol.